The van der Waals surface area contributed by atoms with Crippen molar-refractivity contribution in [2.75, 3.05) is 24.7 Å². The molecular formula is C23H20BrN5O3S. The van der Waals surface area contributed by atoms with Gasteiger partial charge in [0.2, 0.25) is 5.95 Å². The zero-order valence-electron chi connectivity index (χ0n) is 17.6. The van der Waals surface area contributed by atoms with Crippen LogP contribution in [0.2, 0.25) is 0 Å². The van der Waals surface area contributed by atoms with E-state index in [-0.39, 0.29) is 18.8 Å². The van der Waals surface area contributed by atoms with Gasteiger partial charge in [-0.3, -0.25) is 9.00 Å². The first-order valence-electron chi connectivity index (χ1n) is 9.98. The van der Waals surface area contributed by atoms with Gasteiger partial charge >= 0.3 is 0 Å². The van der Waals surface area contributed by atoms with Gasteiger partial charge in [-0.15, -0.1) is 0 Å². The quantitative estimate of drug-likeness (QED) is 0.337. The molecule has 168 valence electrons. The number of carbonyl (C=O) groups excluding carboxylic acids is 1. The lowest BCUT2D eigenvalue weighted by Crippen LogP contribution is -2.28. The van der Waals surface area contributed by atoms with Crippen molar-refractivity contribution in [3.63, 3.8) is 0 Å². The molecule has 0 aliphatic rings. The van der Waals surface area contributed by atoms with Crippen LogP contribution in [-0.4, -0.2) is 49.6 Å². The molecule has 0 spiro atoms. The molecule has 1 atom stereocenters. The van der Waals surface area contributed by atoms with Crippen LogP contribution in [0.3, 0.4) is 0 Å². The Morgan fingerprint density at radius 3 is 2.67 bits per heavy atom. The Morgan fingerprint density at radius 1 is 1.09 bits per heavy atom. The van der Waals surface area contributed by atoms with Crippen LogP contribution in [0.15, 0.2) is 70.2 Å². The second kappa shape index (κ2) is 10.2. The van der Waals surface area contributed by atoms with E-state index in [4.69, 9.17) is 5.11 Å². The molecule has 0 saturated heterocycles. The van der Waals surface area contributed by atoms with Gasteiger partial charge in [0, 0.05) is 55.8 Å². The number of pyridine rings is 1. The number of carbonyl (C=O) groups is 1. The third-order valence-corrected chi connectivity index (χ3v) is 6.38. The van der Waals surface area contributed by atoms with Crippen LogP contribution in [0.1, 0.15) is 10.5 Å². The van der Waals surface area contributed by atoms with Gasteiger partial charge in [0.25, 0.3) is 5.91 Å². The van der Waals surface area contributed by atoms with Crippen LogP contribution in [0, 0.1) is 0 Å². The normalized spacial score (nSPS) is 11.8. The lowest BCUT2D eigenvalue weighted by molar-refractivity contribution is 0.0941. The van der Waals surface area contributed by atoms with E-state index in [1.54, 1.807) is 30.7 Å². The summed E-state index contributed by atoms with van der Waals surface area (Å²) < 4.78 is 12.6. The van der Waals surface area contributed by atoms with Gasteiger partial charge in [0.05, 0.1) is 6.61 Å². The van der Waals surface area contributed by atoms with E-state index in [2.05, 4.69) is 41.5 Å². The Morgan fingerprint density at radius 2 is 1.91 bits per heavy atom. The predicted molar refractivity (Wildman–Crippen MR) is 132 cm³/mol. The highest BCUT2D eigenvalue weighted by molar-refractivity contribution is 9.10. The maximum atomic E-state index is 12.8. The Bertz CT molecular complexity index is 1370. The van der Waals surface area contributed by atoms with Crippen LogP contribution in [-0.2, 0) is 10.8 Å². The molecule has 8 nitrogen and oxygen atoms in total. The van der Waals surface area contributed by atoms with Crippen LogP contribution in [0.25, 0.3) is 22.2 Å². The number of amides is 1. The van der Waals surface area contributed by atoms with Crippen molar-refractivity contribution < 1.29 is 14.1 Å². The number of hydrogen-bond donors (Lipinski definition) is 3. The first-order valence-corrected chi connectivity index (χ1v) is 12.3. The van der Waals surface area contributed by atoms with E-state index >= 15 is 0 Å². The van der Waals surface area contributed by atoms with Gasteiger partial charge in [-0.05, 0) is 35.9 Å². The number of benzene rings is 2. The van der Waals surface area contributed by atoms with Crippen LogP contribution < -0.4 is 10.6 Å². The lowest BCUT2D eigenvalue weighted by atomic mass is 10.0. The largest absolute Gasteiger partial charge is 0.395 e. The van der Waals surface area contributed by atoms with Crippen molar-refractivity contribution in [3.8, 4) is 11.1 Å². The van der Waals surface area contributed by atoms with Crippen LogP contribution in [0.4, 0.5) is 11.6 Å². The predicted octanol–water partition coefficient (Wildman–Crippen LogP) is 3.66. The molecule has 2 aromatic heterocycles. The molecular weight excluding hydrogens is 506 g/mol. The zero-order chi connectivity index (χ0) is 23.4. The summed E-state index contributed by atoms with van der Waals surface area (Å²) in [6, 6.07) is 16.5. The highest BCUT2D eigenvalue weighted by Crippen LogP contribution is 2.32. The number of rotatable bonds is 7. The van der Waals surface area contributed by atoms with Gasteiger partial charge in [0.15, 0.2) is 5.65 Å². The third kappa shape index (κ3) is 5.24. The Kier molecular flexibility index (Phi) is 7.07. The average molecular weight is 526 g/mol. The molecule has 2 heterocycles. The first-order chi connectivity index (χ1) is 16.0. The van der Waals surface area contributed by atoms with Crippen molar-refractivity contribution in [1.82, 2.24) is 20.3 Å². The Balaban J connectivity index is 1.78. The summed E-state index contributed by atoms with van der Waals surface area (Å²) in [4.78, 5) is 26.9. The fraction of sp³-hybridized carbons (Fsp3) is 0.130. The molecule has 0 aliphatic carbocycles. The lowest BCUT2D eigenvalue weighted by Gasteiger charge is -2.13. The van der Waals surface area contributed by atoms with Crippen molar-refractivity contribution in [2.45, 2.75) is 4.90 Å². The molecule has 0 aliphatic heterocycles. The van der Waals surface area contributed by atoms with E-state index < -0.39 is 16.7 Å². The molecule has 1 amide bonds. The molecule has 0 bridgehead atoms. The molecule has 3 N–H and O–H groups in total. The monoisotopic (exact) mass is 525 g/mol. The second-order valence-corrected chi connectivity index (χ2v) is 9.29. The third-order valence-electron chi connectivity index (χ3n) is 4.77. The zero-order valence-corrected chi connectivity index (χ0v) is 20.0. The van der Waals surface area contributed by atoms with Gasteiger partial charge in [-0.2, -0.15) is 4.98 Å². The van der Waals surface area contributed by atoms with Gasteiger partial charge in [-0.25, -0.2) is 9.97 Å². The smallest absolute Gasteiger partial charge is 0.270 e. The number of hydrogen-bond acceptors (Lipinski definition) is 7. The molecule has 4 rings (SSSR count). The highest BCUT2D eigenvalue weighted by atomic mass is 79.9. The van der Waals surface area contributed by atoms with Gasteiger partial charge in [-0.1, -0.05) is 40.2 Å². The van der Waals surface area contributed by atoms with E-state index in [1.165, 1.54) is 0 Å². The minimum Gasteiger partial charge on any atom is -0.395 e. The second-order valence-electron chi connectivity index (χ2n) is 7.06. The van der Waals surface area contributed by atoms with E-state index in [0.29, 0.717) is 33.1 Å². The summed E-state index contributed by atoms with van der Waals surface area (Å²) in [6.45, 7) is -0.0682. The van der Waals surface area contributed by atoms with E-state index in [1.807, 2.05) is 36.4 Å². The minimum absolute atomic E-state index is 0.111. The SMILES string of the molecule is CS(=O)c1cccc(Nc2ncc3cc(-c4ccccc4Br)c(C(=O)NCCO)nc3n2)c1. The summed E-state index contributed by atoms with van der Waals surface area (Å²) in [5.41, 5.74) is 2.64. The van der Waals surface area contributed by atoms with Crippen LogP contribution in [0.5, 0.6) is 0 Å². The minimum atomic E-state index is -1.11. The maximum Gasteiger partial charge on any atom is 0.270 e. The fourth-order valence-corrected chi connectivity index (χ4v) is 4.28. The van der Waals surface area contributed by atoms with Crippen molar-refractivity contribution >= 4 is 55.3 Å². The topological polar surface area (TPSA) is 117 Å². The Labute approximate surface area is 201 Å². The Hall–Kier alpha value is -3.21. The highest BCUT2D eigenvalue weighted by Gasteiger charge is 2.18. The molecule has 10 heteroatoms. The summed E-state index contributed by atoms with van der Waals surface area (Å²) in [5, 5.41) is 15.5. The number of anilines is 2. The molecule has 0 fully saturated rings. The summed E-state index contributed by atoms with van der Waals surface area (Å²) in [5.74, 6) is -0.118. The fourth-order valence-electron chi connectivity index (χ4n) is 3.22. The molecule has 0 radical (unpaired) electrons. The number of halogens is 1. The molecule has 2 aromatic carbocycles. The average Bonchev–Trinajstić information content (AvgIpc) is 2.82. The summed E-state index contributed by atoms with van der Waals surface area (Å²) >= 11 is 3.54. The molecule has 1 unspecified atom stereocenters. The molecule has 0 saturated carbocycles. The molecule has 33 heavy (non-hydrogen) atoms. The van der Waals surface area contributed by atoms with Crippen molar-refractivity contribution in [1.29, 1.82) is 0 Å². The number of fused-ring (bicyclic) bond motifs is 1. The van der Waals surface area contributed by atoms with Gasteiger partial charge in [0.1, 0.15) is 5.69 Å². The number of aliphatic hydroxyl groups is 1. The van der Waals surface area contributed by atoms with E-state index in [0.717, 1.165) is 10.0 Å². The van der Waals surface area contributed by atoms with Crippen LogP contribution >= 0.6 is 15.9 Å². The molecule has 4 aromatic rings. The number of nitrogens with one attached hydrogen (secondary N) is 2. The first kappa shape index (κ1) is 23.0. The number of nitrogens with zero attached hydrogens (tertiary/aromatic N) is 3. The number of aromatic nitrogens is 3. The maximum absolute atomic E-state index is 12.8. The van der Waals surface area contributed by atoms with Crippen molar-refractivity contribution in [3.05, 3.63) is 71.0 Å². The van der Waals surface area contributed by atoms with Crippen molar-refractivity contribution in [2.24, 2.45) is 0 Å². The summed E-state index contributed by atoms with van der Waals surface area (Å²) in [6.07, 6.45) is 3.25. The van der Waals surface area contributed by atoms with Gasteiger partial charge < -0.3 is 15.7 Å². The number of aliphatic hydroxyl groups excluding tert-OH is 1. The standard InChI is InChI=1S/C23H20BrN5O3S/c1-33(32)16-6-4-5-15(12-16)27-23-26-13-14-11-18(17-7-2-3-8-19(17)24)20(28-21(14)29-23)22(31)25-9-10-30/h2-8,11-13,30H,9-10H2,1H3,(H,25,31)(H,26,27,28,29). The van der Waals surface area contributed by atoms with E-state index in [9.17, 15) is 9.00 Å². The summed E-state index contributed by atoms with van der Waals surface area (Å²) in [7, 11) is -1.11.